The van der Waals surface area contributed by atoms with Gasteiger partial charge in [0.2, 0.25) is 0 Å². The fraction of sp³-hybridized carbons (Fsp3) is 0.280. The minimum Gasteiger partial charge on any atom is -0.310 e. The van der Waals surface area contributed by atoms with Crippen molar-refractivity contribution in [1.82, 2.24) is 14.9 Å². The van der Waals surface area contributed by atoms with Crippen molar-refractivity contribution < 1.29 is 13.2 Å². The number of halogens is 3. The summed E-state index contributed by atoms with van der Waals surface area (Å²) in [6.45, 7) is 0.624. The van der Waals surface area contributed by atoms with E-state index in [1.807, 2.05) is 30.3 Å². The van der Waals surface area contributed by atoms with Gasteiger partial charge in [-0.3, -0.25) is 9.36 Å². The van der Waals surface area contributed by atoms with Crippen molar-refractivity contribution in [1.29, 1.82) is 0 Å². The Morgan fingerprint density at radius 3 is 2.64 bits per heavy atom. The molecule has 2 aromatic heterocycles. The number of rotatable bonds is 5. The number of fused-ring (bicyclic) bond motifs is 3. The van der Waals surface area contributed by atoms with Crippen LogP contribution in [0.3, 0.4) is 0 Å². The average Bonchev–Trinajstić information content (AvgIpc) is 3.18. The van der Waals surface area contributed by atoms with Crippen LogP contribution in [-0.4, -0.2) is 15.6 Å². The second kappa shape index (κ2) is 8.76. The van der Waals surface area contributed by atoms with E-state index in [4.69, 9.17) is 0 Å². The van der Waals surface area contributed by atoms with Crippen molar-refractivity contribution in [3.05, 3.63) is 98.4 Å². The van der Waals surface area contributed by atoms with Crippen LogP contribution < -0.4 is 10.9 Å². The molecule has 0 radical (unpaired) electrons. The molecular formula is C25H22F3N3OS. The molecule has 4 nitrogen and oxygen atoms in total. The van der Waals surface area contributed by atoms with Crippen LogP contribution in [0, 0.1) is 0 Å². The minimum absolute atomic E-state index is 0.0353. The molecule has 5 rings (SSSR count). The lowest BCUT2D eigenvalue weighted by molar-refractivity contribution is -0.138. The van der Waals surface area contributed by atoms with E-state index in [-0.39, 0.29) is 23.7 Å². The quantitative estimate of drug-likeness (QED) is 0.439. The lowest BCUT2D eigenvalue weighted by Gasteiger charge is -2.24. The Bertz CT molecular complexity index is 1340. The normalized spacial score (nSPS) is 16.2. The molecule has 2 aromatic carbocycles. The number of aromatic nitrogens is 2. The molecule has 0 saturated carbocycles. The molecule has 1 atom stereocenters. The predicted molar refractivity (Wildman–Crippen MR) is 124 cm³/mol. The summed E-state index contributed by atoms with van der Waals surface area (Å²) in [5.74, 6) is 0. The Kier molecular flexibility index (Phi) is 5.80. The van der Waals surface area contributed by atoms with Gasteiger partial charge in [0, 0.05) is 17.5 Å². The molecule has 1 N–H and O–H groups in total. The average molecular weight is 470 g/mol. The van der Waals surface area contributed by atoms with Crippen LogP contribution in [0.25, 0.3) is 10.2 Å². The first-order valence-corrected chi connectivity index (χ1v) is 11.6. The summed E-state index contributed by atoms with van der Waals surface area (Å²) in [7, 11) is 0. The molecule has 1 aliphatic rings. The van der Waals surface area contributed by atoms with E-state index in [2.05, 4.69) is 10.3 Å². The Hall–Kier alpha value is -2.97. The molecule has 33 heavy (non-hydrogen) atoms. The van der Waals surface area contributed by atoms with Gasteiger partial charge in [0.15, 0.2) is 0 Å². The Morgan fingerprint density at radius 1 is 1.09 bits per heavy atom. The number of hydrogen-bond donors (Lipinski definition) is 1. The third-order valence-corrected chi connectivity index (χ3v) is 7.30. The number of hydrogen-bond acceptors (Lipinski definition) is 4. The zero-order valence-corrected chi connectivity index (χ0v) is 18.5. The molecule has 0 saturated heterocycles. The van der Waals surface area contributed by atoms with Gasteiger partial charge in [-0.2, -0.15) is 13.2 Å². The van der Waals surface area contributed by atoms with Crippen LogP contribution in [-0.2, 0) is 32.1 Å². The third kappa shape index (κ3) is 4.45. The summed E-state index contributed by atoms with van der Waals surface area (Å²) in [4.78, 5) is 19.6. The number of nitrogens with zero attached hydrogens (tertiary/aromatic N) is 2. The Morgan fingerprint density at radius 2 is 1.85 bits per heavy atom. The molecule has 0 spiro atoms. The number of alkyl halides is 3. The van der Waals surface area contributed by atoms with Crippen molar-refractivity contribution in [2.75, 3.05) is 0 Å². The Balaban J connectivity index is 1.35. The fourth-order valence-corrected chi connectivity index (χ4v) is 5.73. The highest BCUT2D eigenvalue weighted by molar-refractivity contribution is 7.18. The fourth-order valence-electron chi connectivity index (χ4n) is 4.47. The highest BCUT2D eigenvalue weighted by Gasteiger charge is 2.33. The second-order valence-electron chi connectivity index (χ2n) is 8.32. The maximum Gasteiger partial charge on any atom is 0.416 e. The van der Waals surface area contributed by atoms with E-state index >= 15 is 0 Å². The molecule has 4 aromatic rings. The van der Waals surface area contributed by atoms with E-state index < -0.39 is 11.7 Å². The molecule has 1 unspecified atom stereocenters. The van der Waals surface area contributed by atoms with E-state index in [0.29, 0.717) is 24.8 Å². The van der Waals surface area contributed by atoms with Gasteiger partial charge in [-0.1, -0.05) is 48.5 Å². The summed E-state index contributed by atoms with van der Waals surface area (Å²) < 4.78 is 41.5. The first-order valence-electron chi connectivity index (χ1n) is 10.8. The van der Waals surface area contributed by atoms with Crippen molar-refractivity contribution in [3.63, 3.8) is 0 Å². The van der Waals surface area contributed by atoms with Crippen LogP contribution in [0.5, 0.6) is 0 Å². The first-order chi connectivity index (χ1) is 15.9. The van der Waals surface area contributed by atoms with Crippen LogP contribution in [0.15, 0.2) is 65.7 Å². The molecule has 0 aliphatic heterocycles. The highest BCUT2D eigenvalue weighted by Crippen LogP contribution is 2.35. The van der Waals surface area contributed by atoms with Gasteiger partial charge in [0.1, 0.15) is 4.83 Å². The summed E-state index contributed by atoms with van der Waals surface area (Å²) >= 11 is 1.52. The van der Waals surface area contributed by atoms with E-state index in [9.17, 15) is 18.0 Å². The number of benzene rings is 2. The van der Waals surface area contributed by atoms with E-state index in [1.54, 1.807) is 17.0 Å². The monoisotopic (exact) mass is 469 g/mol. The largest absolute Gasteiger partial charge is 0.416 e. The molecule has 8 heteroatoms. The minimum atomic E-state index is -4.37. The van der Waals surface area contributed by atoms with Crippen molar-refractivity contribution in [2.24, 2.45) is 0 Å². The molecule has 1 aliphatic carbocycles. The maximum absolute atomic E-state index is 13.3. The van der Waals surface area contributed by atoms with Crippen LogP contribution in [0.1, 0.15) is 33.6 Å². The molecule has 170 valence electrons. The lowest BCUT2D eigenvalue weighted by Crippen LogP contribution is -2.34. The van der Waals surface area contributed by atoms with Crippen LogP contribution in [0.2, 0.25) is 0 Å². The van der Waals surface area contributed by atoms with Crippen molar-refractivity contribution in [2.45, 2.75) is 44.6 Å². The molecule has 0 bridgehead atoms. The summed E-state index contributed by atoms with van der Waals surface area (Å²) in [5, 5.41) is 3.99. The summed E-state index contributed by atoms with van der Waals surface area (Å²) in [6.07, 6.45) is -0.610. The van der Waals surface area contributed by atoms with Crippen molar-refractivity contribution >= 4 is 21.6 Å². The predicted octanol–water partition coefficient (Wildman–Crippen LogP) is 5.17. The van der Waals surface area contributed by atoms with E-state index in [0.717, 1.165) is 33.3 Å². The molecule has 0 amide bonds. The van der Waals surface area contributed by atoms with Gasteiger partial charge in [0.05, 0.1) is 23.8 Å². The van der Waals surface area contributed by atoms with Gasteiger partial charge < -0.3 is 5.32 Å². The maximum atomic E-state index is 13.3. The van der Waals surface area contributed by atoms with E-state index in [1.165, 1.54) is 23.5 Å². The van der Waals surface area contributed by atoms with Gasteiger partial charge in [-0.25, -0.2) is 4.98 Å². The topological polar surface area (TPSA) is 46.9 Å². The third-order valence-electron chi connectivity index (χ3n) is 6.14. The molecule has 0 fully saturated rings. The lowest BCUT2D eigenvalue weighted by atomic mass is 9.92. The van der Waals surface area contributed by atoms with Crippen LogP contribution >= 0.6 is 11.3 Å². The summed E-state index contributed by atoms with van der Waals surface area (Å²) in [6, 6.07) is 15.5. The van der Waals surface area contributed by atoms with Crippen molar-refractivity contribution in [3.8, 4) is 0 Å². The van der Waals surface area contributed by atoms with Gasteiger partial charge in [-0.15, -0.1) is 11.3 Å². The first kappa shape index (κ1) is 21.9. The molecule has 2 heterocycles. The molecular weight excluding hydrogens is 447 g/mol. The zero-order chi connectivity index (χ0) is 23.0. The number of aryl methyl sites for hydroxylation is 1. The SMILES string of the molecule is O=c1c2c3c(sc2ncn1Cc1ccccc1)CC(NCc1ccccc1C(F)(F)F)CC3. The number of nitrogens with one attached hydrogen (secondary N) is 1. The second-order valence-corrected chi connectivity index (χ2v) is 9.41. The van der Waals surface area contributed by atoms with Crippen LogP contribution in [0.4, 0.5) is 13.2 Å². The summed E-state index contributed by atoms with van der Waals surface area (Å²) in [5.41, 5.74) is 1.69. The highest BCUT2D eigenvalue weighted by atomic mass is 32.1. The van der Waals surface area contributed by atoms with Gasteiger partial charge in [0.25, 0.3) is 5.56 Å². The standard InChI is InChI=1S/C25H22F3N3OS/c26-25(27,28)20-9-5-4-8-17(20)13-29-18-10-11-19-21(12-18)33-23-22(19)24(32)31(15-30-23)14-16-6-2-1-3-7-16/h1-9,15,18,29H,10-14H2. The van der Waals surface area contributed by atoms with Gasteiger partial charge >= 0.3 is 6.18 Å². The smallest absolute Gasteiger partial charge is 0.310 e. The Labute approximate surface area is 192 Å². The number of thiophene rings is 1. The zero-order valence-electron chi connectivity index (χ0n) is 17.7. The van der Waals surface area contributed by atoms with Gasteiger partial charge in [-0.05, 0) is 42.0 Å².